The monoisotopic (exact) mass is 397 g/mol. The second-order valence-electron chi connectivity index (χ2n) is 7.87. The number of likely N-dealkylation sites (tertiary alicyclic amines) is 1. The highest BCUT2D eigenvalue weighted by Crippen LogP contribution is 2.38. The molecule has 0 radical (unpaired) electrons. The molecule has 1 aliphatic carbocycles. The molecule has 0 unspecified atom stereocenters. The molecule has 29 heavy (non-hydrogen) atoms. The first-order chi connectivity index (χ1) is 14.1. The maximum atomic E-state index is 11.7. The zero-order valence-electron chi connectivity index (χ0n) is 16.6. The van der Waals surface area contributed by atoms with Crippen LogP contribution in [0.25, 0.3) is 6.08 Å². The van der Waals surface area contributed by atoms with Gasteiger partial charge in [0.05, 0.1) is 25.0 Å². The third-order valence-electron chi connectivity index (χ3n) is 5.89. The highest BCUT2D eigenvalue weighted by molar-refractivity contribution is 5.89. The van der Waals surface area contributed by atoms with E-state index in [9.17, 15) is 9.90 Å². The lowest BCUT2D eigenvalue weighted by molar-refractivity contribution is -0.0231. The first-order valence-corrected chi connectivity index (χ1v) is 10.1. The molecule has 0 amide bonds. The maximum absolute atomic E-state index is 11.7. The van der Waals surface area contributed by atoms with Crippen LogP contribution < -0.4 is 4.74 Å². The van der Waals surface area contributed by atoms with E-state index in [2.05, 4.69) is 11.0 Å². The van der Waals surface area contributed by atoms with Crippen LogP contribution in [0.5, 0.6) is 5.75 Å². The molecule has 2 fully saturated rings. The Kier molecular flexibility index (Phi) is 6.02. The van der Waals surface area contributed by atoms with Crippen LogP contribution in [0.15, 0.2) is 53.2 Å². The van der Waals surface area contributed by atoms with Gasteiger partial charge in [0.25, 0.3) is 0 Å². The summed E-state index contributed by atoms with van der Waals surface area (Å²) in [5.74, 6) is 2.05. The largest absolute Gasteiger partial charge is 0.488 e. The molecule has 6 nitrogen and oxygen atoms in total. The first kappa shape index (κ1) is 19.7. The van der Waals surface area contributed by atoms with Gasteiger partial charge in [-0.2, -0.15) is 0 Å². The minimum atomic E-state index is -0.503. The van der Waals surface area contributed by atoms with E-state index < -0.39 is 12.1 Å². The fourth-order valence-corrected chi connectivity index (χ4v) is 4.46. The standard InChI is InChI=1S/C23H27NO5/c1-27-23(26)16-5-2-6-20(11-16)29-22-13-18-15-24(14-17(18)12-21(22)25)9-3-7-19-8-4-10-28-19/h2-8,10-11,17-18,21-22,25H,9,12-15H2,1H3/b7-3+/t17-,18+,21+,22+/m0/s1. The molecule has 6 heteroatoms. The fourth-order valence-electron chi connectivity index (χ4n) is 4.46. The van der Waals surface area contributed by atoms with Gasteiger partial charge < -0.3 is 19.0 Å². The summed E-state index contributed by atoms with van der Waals surface area (Å²) in [4.78, 5) is 14.1. The zero-order chi connectivity index (χ0) is 20.2. The number of benzene rings is 1. The summed E-state index contributed by atoms with van der Waals surface area (Å²) in [5.41, 5.74) is 0.448. The molecule has 1 aliphatic heterocycles. The van der Waals surface area contributed by atoms with E-state index in [1.807, 2.05) is 24.3 Å². The van der Waals surface area contributed by atoms with Crippen LogP contribution in [0.2, 0.25) is 0 Å². The number of hydrogen-bond acceptors (Lipinski definition) is 6. The van der Waals surface area contributed by atoms with Gasteiger partial charge in [0, 0.05) is 19.6 Å². The van der Waals surface area contributed by atoms with Gasteiger partial charge in [-0.05, 0) is 61.1 Å². The Morgan fingerprint density at radius 3 is 2.83 bits per heavy atom. The van der Waals surface area contributed by atoms with Crippen molar-refractivity contribution in [3.05, 3.63) is 60.1 Å². The number of methoxy groups -OCH3 is 1. The molecule has 0 spiro atoms. The van der Waals surface area contributed by atoms with Gasteiger partial charge in [-0.1, -0.05) is 12.1 Å². The molecule has 4 rings (SSSR count). The summed E-state index contributed by atoms with van der Waals surface area (Å²) in [7, 11) is 1.36. The van der Waals surface area contributed by atoms with E-state index in [4.69, 9.17) is 13.9 Å². The van der Waals surface area contributed by atoms with E-state index in [0.717, 1.165) is 38.2 Å². The number of rotatable bonds is 6. The lowest BCUT2D eigenvalue weighted by Crippen LogP contribution is -2.42. The second kappa shape index (κ2) is 8.84. The Bertz CT molecular complexity index is 847. The van der Waals surface area contributed by atoms with Gasteiger partial charge >= 0.3 is 5.97 Å². The summed E-state index contributed by atoms with van der Waals surface area (Å²) in [5, 5.41) is 10.6. The number of fused-ring (bicyclic) bond motifs is 1. The predicted molar refractivity (Wildman–Crippen MR) is 109 cm³/mol. The number of hydrogen-bond donors (Lipinski definition) is 1. The van der Waals surface area contributed by atoms with E-state index in [-0.39, 0.29) is 6.10 Å². The quantitative estimate of drug-likeness (QED) is 0.755. The van der Waals surface area contributed by atoms with Gasteiger partial charge in [0.15, 0.2) is 0 Å². The molecular weight excluding hydrogens is 370 g/mol. The van der Waals surface area contributed by atoms with E-state index >= 15 is 0 Å². The Morgan fingerprint density at radius 1 is 1.24 bits per heavy atom. The predicted octanol–water partition coefficient (Wildman–Crippen LogP) is 3.23. The van der Waals surface area contributed by atoms with Gasteiger partial charge in [-0.25, -0.2) is 4.79 Å². The minimum absolute atomic E-state index is 0.261. The topological polar surface area (TPSA) is 72.1 Å². The van der Waals surface area contributed by atoms with Gasteiger partial charge in [-0.15, -0.1) is 0 Å². The Balaban J connectivity index is 1.34. The smallest absolute Gasteiger partial charge is 0.337 e. The van der Waals surface area contributed by atoms with Gasteiger partial charge in [0.2, 0.25) is 0 Å². The SMILES string of the molecule is COC(=O)c1cccc(O[C@@H]2C[C@@H]3CN(C/C=C/c4ccco4)C[C@@H]3C[C@H]2O)c1. The Labute approximate surface area is 170 Å². The number of ether oxygens (including phenoxy) is 2. The molecule has 1 N–H and O–H groups in total. The van der Waals surface area contributed by atoms with E-state index in [0.29, 0.717) is 23.1 Å². The zero-order valence-corrected chi connectivity index (χ0v) is 16.6. The van der Waals surface area contributed by atoms with Crippen LogP contribution in [-0.2, 0) is 4.74 Å². The number of nitrogens with zero attached hydrogens (tertiary/aromatic N) is 1. The number of carbonyl (C=O) groups excluding carboxylic acids is 1. The highest BCUT2D eigenvalue weighted by atomic mass is 16.5. The lowest BCUT2D eigenvalue weighted by atomic mass is 9.78. The van der Waals surface area contributed by atoms with E-state index in [1.165, 1.54) is 7.11 Å². The molecule has 154 valence electrons. The third kappa shape index (κ3) is 4.71. The summed E-state index contributed by atoms with van der Waals surface area (Å²) in [6.07, 6.45) is 6.58. The molecular formula is C23H27NO5. The van der Waals surface area contributed by atoms with Crippen molar-refractivity contribution < 1.29 is 23.8 Å². The normalized spacial score (nSPS) is 27.1. The average molecular weight is 397 g/mol. The van der Waals surface area contributed by atoms with Crippen molar-refractivity contribution in [2.75, 3.05) is 26.7 Å². The molecule has 2 aliphatic rings. The van der Waals surface area contributed by atoms with Crippen molar-refractivity contribution in [1.29, 1.82) is 0 Å². The lowest BCUT2D eigenvalue weighted by Gasteiger charge is -2.35. The molecule has 1 aromatic heterocycles. The van der Waals surface area contributed by atoms with Crippen molar-refractivity contribution in [2.24, 2.45) is 11.8 Å². The Morgan fingerprint density at radius 2 is 2.07 bits per heavy atom. The van der Waals surface area contributed by atoms with Crippen LogP contribution in [0, 0.1) is 11.8 Å². The number of esters is 1. The number of carbonyl (C=O) groups is 1. The van der Waals surface area contributed by atoms with Crippen LogP contribution in [0.3, 0.4) is 0 Å². The molecule has 0 bridgehead atoms. The molecule has 4 atom stereocenters. The molecule has 1 saturated heterocycles. The molecule has 2 aromatic rings. The first-order valence-electron chi connectivity index (χ1n) is 10.1. The number of furan rings is 1. The average Bonchev–Trinajstić information content (AvgIpc) is 3.37. The van der Waals surface area contributed by atoms with Crippen molar-refractivity contribution in [3.8, 4) is 5.75 Å². The molecule has 1 saturated carbocycles. The van der Waals surface area contributed by atoms with Crippen LogP contribution >= 0.6 is 0 Å². The van der Waals surface area contributed by atoms with Crippen molar-refractivity contribution in [3.63, 3.8) is 0 Å². The third-order valence-corrected chi connectivity index (χ3v) is 5.89. The molecule has 2 heterocycles. The maximum Gasteiger partial charge on any atom is 0.337 e. The fraction of sp³-hybridized carbons (Fsp3) is 0.435. The van der Waals surface area contributed by atoms with Crippen LogP contribution in [-0.4, -0.2) is 54.9 Å². The number of aliphatic hydroxyl groups is 1. The van der Waals surface area contributed by atoms with Crippen LogP contribution in [0.4, 0.5) is 0 Å². The van der Waals surface area contributed by atoms with Crippen molar-refractivity contribution in [1.82, 2.24) is 4.90 Å². The molecule has 1 aromatic carbocycles. The number of aliphatic hydroxyl groups excluding tert-OH is 1. The van der Waals surface area contributed by atoms with E-state index in [1.54, 1.807) is 24.5 Å². The highest BCUT2D eigenvalue weighted by Gasteiger charge is 2.42. The summed E-state index contributed by atoms with van der Waals surface area (Å²) >= 11 is 0. The van der Waals surface area contributed by atoms with Crippen molar-refractivity contribution >= 4 is 12.0 Å². The van der Waals surface area contributed by atoms with Gasteiger partial charge in [-0.3, -0.25) is 4.90 Å². The minimum Gasteiger partial charge on any atom is -0.488 e. The van der Waals surface area contributed by atoms with Crippen LogP contribution in [0.1, 0.15) is 29.0 Å². The summed E-state index contributed by atoms with van der Waals surface area (Å²) < 4.78 is 16.2. The van der Waals surface area contributed by atoms with Crippen molar-refractivity contribution in [2.45, 2.75) is 25.0 Å². The summed E-state index contributed by atoms with van der Waals surface area (Å²) in [6, 6.07) is 10.8. The summed E-state index contributed by atoms with van der Waals surface area (Å²) in [6.45, 7) is 2.87. The van der Waals surface area contributed by atoms with Gasteiger partial charge in [0.1, 0.15) is 17.6 Å². The second-order valence-corrected chi connectivity index (χ2v) is 7.87. The Hall–Kier alpha value is -2.57.